The van der Waals surface area contributed by atoms with E-state index < -0.39 is 0 Å². The molecule has 0 aliphatic heterocycles. The summed E-state index contributed by atoms with van der Waals surface area (Å²) in [4.78, 5) is 24.4. The zero-order chi connectivity index (χ0) is 17.0. The number of hydrogen-bond acceptors (Lipinski definition) is 5. The SMILES string of the molecule is N#CCC(C1CCCC1)n1cc2c(n1)c(=O)c1cnc3nc[nH]c2c31. The first kappa shape index (κ1) is 14.3. The highest BCUT2D eigenvalue weighted by Crippen LogP contribution is 2.37. The third kappa shape index (κ3) is 1.97. The smallest absolute Gasteiger partial charge is 0.216 e. The van der Waals surface area contributed by atoms with Gasteiger partial charge in [0.25, 0.3) is 0 Å². The van der Waals surface area contributed by atoms with Gasteiger partial charge in [-0.15, -0.1) is 0 Å². The van der Waals surface area contributed by atoms with E-state index in [1.165, 1.54) is 12.8 Å². The molecule has 1 atom stereocenters. The van der Waals surface area contributed by atoms with Crippen LogP contribution in [0.25, 0.3) is 32.8 Å². The molecule has 0 bridgehead atoms. The molecular weight excluding hydrogens is 316 g/mol. The van der Waals surface area contributed by atoms with Crippen LogP contribution in [0.5, 0.6) is 0 Å². The summed E-state index contributed by atoms with van der Waals surface area (Å²) in [6.45, 7) is 0. The molecule has 124 valence electrons. The van der Waals surface area contributed by atoms with Crippen LogP contribution >= 0.6 is 0 Å². The van der Waals surface area contributed by atoms with Crippen molar-refractivity contribution in [1.82, 2.24) is 24.7 Å². The quantitative estimate of drug-likeness (QED) is 0.621. The minimum Gasteiger partial charge on any atom is -0.345 e. The van der Waals surface area contributed by atoms with Crippen molar-refractivity contribution in [1.29, 1.82) is 5.26 Å². The van der Waals surface area contributed by atoms with Crippen molar-refractivity contribution < 1.29 is 0 Å². The number of fused-ring (bicyclic) bond motifs is 2. The maximum absolute atomic E-state index is 12.8. The molecule has 1 fully saturated rings. The molecule has 1 N–H and O–H groups in total. The van der Waals surface area contributed by atoms with Crippen molar-refractivity contribution in [3.8, 4) is 6.07 Å². The molecule has 0 radical (unpaired) electrons. The molecule has 25 heavy (non-hydrogen) atoms. The van der Waals surface area contributed by atoms with Crippen LogP contribution in [-0.4, -0.2) is 24.7 Å². The first-order chi connectivity index (χ1) is 12.3. The van der Waals surface area contributed by atoms with E-state index in [1.54, 1.807) is 12.5 Å². The zero-order valence-corrected chi connectivity index (χ0v) is 13.6. The average molecular weight is 332 g/mol. The molecule has 3 heterocycles. The Morgan fingerprint density at radius 2 is 2.16 bits per heavy atom. The highest BCUT2D eigenvalue weighted by atomic mass is 16.1. The summed E-state index contributed by atoms with van der Waals surface area (Å²) in [6.07, 6.45) is 10.1. The second-order valence-corrected chi connectivity index (χ2v) is 6.82. The molecule has 0 spiro atoms. The number of aromatic amines is 1. The molecule has 3 aromatic heterocycles. The van der Waals surface area contributed by atoms with Crippen LogP contribution in [0.2, 0.25) is 0 Å². The molecule has 4 aromatic rings. The molecular formula is C18H16N6O. The van der Waals surface area contributed by atoms with Crippen LogP contribution in [0.1, 0.15) is 38.1 Å². The van der Waals surface area contributed by atoms with Crippen LogP contribution in [0.3, 0.4) is 0 Å². The maximum Gasteiger partial charge on any atom is 0.216 e. The van der Waals surface area contributed by atoms with E-state index in [0.717, 1.165) is 29.1 Å². The fourth-order valence-corrected chi connectivity index (χ4v) is 4.29. The predicted octanol–water partition coefficient (Wildman–Crippen LogP) is 2.90. The molecule has 0 amide bonds. The number of hydrogen-bond donors (Lipinski definition) is 1. The van der Waals surface area contributed by atoms with Crippen molar-refractivity contribution in [2.24, 2.45) is 5.92 Å². The maximum atomic E-state index is 12.8. The molecule has 1 aliphatic carbocycles. The lowest BCUT2D eigenvalue weighted by Gasteiger charge is -2.21. The number of nitrogens with zero attached hydrogens (tertiary/aromatic N) is 5. The standard InChI is InChI=1S/C18H16N6O/c19-6-5-13(10-3-1-2-4-10)24-8-12-15-14-11(17(25)16(12)23-24)7-20-18(14)22-9-21-15/h7-10,13H,1-5H2,(H,20,21,22). The number of aromatic nitrogens is 5. The molecule has 1 aliphatic rings. The lowest BCUT2D eigenvalue weighted by atomic mass is 9.96. The summed E-state index contributed by atoms with van der Waals surface area (Å²) >= 11 is 0. The van der Waals surface area contributed by atoms with Gasteiger partial charge < -0.3 is 4.98 Å². The Balaban J connectivity index is 1.78. The third-order valence-corrected chi connectivity index (χ3v) is 5.50. The second kappa shape index (κ2) is 5.24. The van der Waals surface area contributed by atoms with Gasteiger partial charge in [0.05, 0.1) is 41.1 Å². The van der Waals surface area contributed by atoms with Gasteiger partial charge in [0.2, 0.25) is 5.43 Å². The molecule has 1 unspecified atom stereocenters. The van der Waals surface area contributed by atoms with Gasteiger partial charge in [-0.2, -0.15) is 10.4 Å². The van der Waals surface area contributed by atoms with Crippen LogP contribution < -0.4 is 5.43 Å². The van der Waals surface area contributed by atoms with E-state index in [-0.39, 0.29) is 11.5 Å². The zero-order valence-electron chi connectivity index (χ0n) is 13.6. The minimum atomic E-state index is -0.118. The molecule has 5 rings (SSSR count). The highest BCUT2D eigenvalue weighted by molar-refractivity contribution is 6.17. The van der Waals surface area contributed by atoms with Crippen LogP contribution in [-0.2, 0) is 0 Å². The largest absolute Gasteiger partial charge is 0.345 e. The summed E-state index contributed by atoms with van der Waals surface area (Å²) < 4.78 is 1.85. The van der Waals surface area contributed by atoms with Crippen LogP contribution in [0.4, 0.5) is 0 Å². The van der Waals surface area contributed by atoms with E-state index in [0.29, 0.717) is 28.9 Å². The van der Waals surface area contributed by atoms with Gasteiger partial charge >= 0.3 is 0 Å². The molecule has 1 saturated carbocycles. The van der Waals surface area contributed by atoms with Gasteiger partial charge in [-0.25, -0.2) is 9.97 Å². The third-order valence-electron chi connectivity index (χ3n) is 5.50. The van der Waals surface area contributed by atoms with Crippen LogP contribution in [0, 0.1) is 17.2 Å². The number of nitriles is 1. The minimum absolute atomic E-state index is 0.0238. The summed E-state index contributed by atoms with van der Waals surface area (Å²) in [5.41, 5.74) is 1.72. The van der Waals surface area contributed by atoms with E-state index >= 15 is 0 Å². The predicted molar refractivity (Wildman–Crippen MR) is 93.4 cm³/mol. The van der Waals surface area contributed by atoms with E-state index in [9.17, 15) is 10.1 Å². The van der Waals surface area contributed by atoms with Gasteiger partial charge in [0.1, 0.15) is 5.52 Å². The van der Waals surface area contributed by atoms with Gasteiger partial charge in [-0.05, 0) is 18.8 Å². The molecule has 1 aromatic carbocycles. The normalized spacial score (nSPS) is 16.9. The van der Waals surface area contributed by atoms with E-state index in [4.69, 9.17) is 0 Å². The van der Waals surface area contributed by atoms with Crippen molar-refractivity contribution in [3.05, 3.63) is 28.9 Å². The summed E-state index contributed by atoms with van der Waals surface area (Å²) in [5, 5.41) is 16.0. The van der Waals surface area contributed by atoms with E-state index in [2.05, 4.69) is 26.1 Å². The van der Waals surface area contributed by atoms with Crippen molar-refractivity contribution >= 4 is 32.8 Å². The van der Waals surface area contributed by atoms with Crippen LogP contribution in [0.15, 0.2) is 23.5 Å². The van der Waals surface area contributed by atoms with Gasteiger partial charge in [-0.1, -0.05) is 12.8 Å². The van der Waals surface area contributed by atoms with Gasteiger partial charge in [0, 0.05) is 17.8 Å². The van der Waals surface area contributed by atoms with Crippen molar-refractivity contribution in [2.45, 2.75) is 38.1 Å². The monoisotopic (exact) mass is 332 g/mol. The Hall–Kier alpha value is -3.01. The van der Waals surface area contributed by atoms with Gasteiger partial charge in [-0.3, -0.25) is 9.48 Å². The highest BCUT2D eigenvalue weighted by Gasteiger charge is 2.28. The Bertz CT molecular complexity index is 1180. The number of H-pyrrole nitrogens is 1. The first-order valence-electron chi connectivity index (χ1n) is 8.61. The first-order valence-corrected chi connectivity index (χ1v) is 8.61. The summed E-state index contributed by atoms with van der Waals surface area (Å²) in [6, 6.07) is 2.32. The second-order valence-electron chi connectivity index (χ2n) is 6.82. The fourth-order valence-electron chi connectivity index (χ4n) is 4.29. The average Bonchev–Trinajstić information content (AvgIpc) is 3.37. The topological polar surface area (TPSA) is 100 Å². The molecule has 7 nitrogen and oxygen atoms in total. The number of nitrogens with one attached hydrogen (secondary N) is 1. The Labute approximate surface area is 142 Å². The fraction of sp³-hybridized carbons (Fsp3) is 0.389. The Kier molecular flexibility index (Phi) is 3.01. The summed E-state index contributed by atoms with van der Waals surface area (Å²) in [5.74, 6) is 0.450. The Morgan fingerprint density at radius 3 is 2.96 bits per heavy atom. The molecule has 7 heteroatoms. The number of rotatable bonds is 3. The van der Waals surface area contributed by atoms with E-state index in [1.807, 2.05) is 10.9 Å². The Morgan fingerprint density at radius 1 is 1.32 bits per heavy atom. The lowest BCUT2D eigenvalue weighted by molar-refractivity contribution is 0.316. The number of benzene rings is 1. The lowest BCUT2D eigenvalue weighted by Crippen LogP contribution is -2.18. The molecule has 0 saturated heterocycles. The van der Waals surface area contributed by atoms with Crippen molar-refractivity contribution in [3.63, 3.8) is 0 Å². The van der Waals surface area contributed by atoms with Crippen molar-refractivity contribution in [2.75, 3.05) is 0 Å². The van der Waals surface area contributed by atoms with Gasteiger partial charge in [0.15, 0.2) is 5.65 Å². The summed E-state index contributed by atoms with van der Waals surface area (Å²) in [7, 11) is 0.